The zero-order chi connectivity index (χ0) is 24.7. The van der Waals surface area contributed by atoms with Gasteiger partial charge in [-0.2, -0.15) is 0 Å². The van der Waals surface area contributed by atoms with Crippen LogP contribution < -0.4 is 9.64 Å². The first-order chi connectivity index (χ1) is 16.8. The normalized spacial score (nSPS) is 19.0. The number of amides is 1. The van der Waals surface area contributed by atoms with E-state index in [1.165, 1.54) is 0 Å². The van der Waals surface area contributed by atoms with Crippen molar-refractivity contribution in [3.63, 3.8) is 0 Å². The lowest BCUT2D eigenvalue weighted by molar-refractivity contribution is -0.140. The highest BCUT2D eigenvalue weighted by Crippen LogP contribution is 2.41. The monoisotopic (exact) mass is 469 g/mol. The third-order valence-electron chi connectivity index (χ3n) is 6.74. The number of carbonyl (C=O) groups excluding carboxylic acids is 2. The fraction of sp³-hybridized carbons (Fsp3) is 0.250. The summed E-state index contributed by atoms with van der Waals surface area (Å²) in [5.41, 5.74) is 5.14. The highest BCUT2D eigenvalue weighted by Gasteiger charge is 2.46. The molecule has 2 aliphatic heterocycles. The summed E-state index contributed by atoms with van der Waals surface area (Å²) in [6, 6.07) is 14.2. The Labute approximate surface area is 204 Å². The van der Waals surface area contributed by atoms with Gasteiger partial charge in [-0.1, -0.05) is 23.8 Å². The number of anilines is 1. The summed E-state index contributed by atoms with van der Waals surface area (Å²) in [5, 5.41) is 11.4. The molecule has 5 rings (SSSR count). The quantitative estimate of drug-likeness (QED) is 0.351. The Kier molecular flexibility index (Phi) is 5.76. The van der Waals surface area contributed by atoms with Gasteiger partial charge in [0.25, 0.3) is 11.7 Å². The third-order valence-corrected chi connectivity index (χ3v) is 6.74. The second-order valence-electron chi connectivity index (χ2n) is 9.09. The van der Waals surface area contributed by atoms with Crippen molar-refractivity contribution < 1.29 is 19.4 Å². The van der Waals surface area contributed by atoms with Crippen molar-refractivity contribution in [1.82, 2.24) is 9.88 Å². The number of nitrogens with zero attached hydrogens (tertiary/aromatic N) is 3. The maximum absolute atomic E-state index is 13.3. The van der Waals surface area contributed by atoms with Gasteiger partial charge in [-0.3, -0.25) is 14.6 Å². The van der Waals surface area contributed by atoms with Crippen LogP contribution in [0.25, 0.3) is 5.76 Å². The van der Waals surface area contributed by atoms with Crippen molar-refractivity contribution in [3.8, 4) is 5.75 Å². The minimum absolute atomic E-state index is 0.0748. The second-order valence-corrected chi connectivity index (χ2v) is 9.09. The molecule has 35 heavy (non-hydrogen) atoms. The van der Waals surface area contributed by atoms with E-state index >= 15 is 0 Å². The van der Waals surface area contributed by atoms with Gasteiger partial charge in [0, 0.05) is 31.5 Å². The average Bonchev–Trinajstić information content (AvgIpc) is 3.11. The molecule has 7 nitrogen and oxygen atoms in total. The van der Waals surface area contributed by atoms with Crippen molar-refractivity contribution in [1.29, 1.82) is 0 Å². The zero-order valence-corrected chi connectivity index (χ0v) is 20.0. The van der Waals surface area contributed by atoms with Crippen LogP contribution in [0.3, 0.4) is 0 Å². The van der Waals surface area contributed by atoms with Gasteiger partial charge in [0.05, 0.1) is 23.8 Å². The molecule has 2 aromatic carbocycles. The lowest BCUT2D eigenvalue weighted by Gasteiger charge is -2.28. The van der Waals surface area contributed by atoms with Crippen LogP contribution in [0.2, 0.25) is 0 Å². The SMILES string of the molecule is Cc1ccc(C)c(CN2C(=O)C(=O)/C(=C(\O)c3ccc4c(c3)N(C)CCO4)C2c2ccncc2)c1. The number of likely N-dealkylation sites (tertiary alicyclic amines) is 1. The van der Waals surface area contributed by atoms with Gasteiger partial charge in [0.15, 0.2) is 0 Å². The van der Waals surface area contributed by atoms with E-state index in [0.717, 1.165) is 28.1 Å². The molecule has 1 fully saturated rings. The summed E-state index contributed by atoms with van der Waals surface area (Å²) in [6.07, 6.45) is 3.25. The van der Waals surface area contributed by atoms with E-state index in [2.05, 4.69) is 4.98 Å². The van der Waals surface area contributed by atoms with E-state index in [9.17, 15) is 14.7 Å². The molecule has 0 saturated carbocycles. The van der Waals surface area contributed by atoms with Crippen molar-refractivity contribution in [2.24, 2.45) is 0 Å². The Morgan fingerprint density at radius 3 is 2.63 bits per heavy atom. The smallest absolute Gasteiger partial charge is 0.295 e. The predicted octanol–water partition coefficient (Wildman–Crippen LogP) is 4.15. The third kappa shape index (κ3) is 4.03. The summed E-state index contributed by atoms with van der Waals surface area (Å²) in [5.74, 6) is -0.809. The first-order valence-corrected chi connectivity index (χ1v) is 11.6. The Balaban J connectivity index is 1.64. The number of ketones is 1. The molecule has 1 unspecified atom stereocenters. The number of carbonyl (C=O) groups is 2. The van der Waals surface area contributed by atoms with Gasteiger partial charge >= 0.3 is 0 Å². The van der Waals surface area contributed by atoms with Crippen LogP contribution in [0, 0.1) is 13.8 Å². The fourth-order valence-electron chi connectivity index (χ4n) is 4.74. The van der Waals surface area contributed by atoms with Crippen LogP contribution in [0.15, 0.2) is 66.5 Å². The molecule has 3 heterocycles. The van der Waals surface area contributed by atoms with Crippen LogP contribution in [0.4, 0.5) is 5.69 Å². The maximum atomic E-state index is 13.3. The number of likely N-dealkylation sites (N-methyl/N-ethyl adjacent to an activating group) is 1. The number of aromatic nitrogens is 1. The van der Waals surface area contributed by atoms with Gasteiger partial charge in [0.1, 0.15) is 18.1 Å². The molecule has 1 aromatic heterocycles. The molecule has 3 aromatic rings. The van der Waals surface area contributed by atoms with E-state index in [1.807, 2.05) is 44.0 Å². The molecule has 7 heteroatoms. The first-order valence-electron chi connectivity index (χ1n) is 11.6. The summed E-state index contributed by atoms with van der Waals surface area (Å²) >= 11 is 0. The molecule has 178 valence electrons. The van der Waals surface area contributed by atoms with Crippen LogP contribution in [0.5, 0.6) is 5.75 Å². The van der Waals surface area contributed by atoms with E-state index in [4.69, 9.17) is 4.74 Å². The number of hydrogen-bond acceptors (Lipinski definition) is 6. The van der Waals surface area contributed by atoms with Crippen molar-refractivity contribution >= 4 is 23.1 Å². The van der Waals surface area contributed by atoms with Gasteiger partial charge in [-0.15, -0.1) is 0 Å². The van der Waals surface area contributed by atoms with Gasteiger partial charge < -0.3 is 19.6 Å². The lowest BCUT2D eigenvalue weighted by atomic mass is 9.95. The maximum Gasteiger partial charge on any atom is 0.295 e. The largest absolute Gasteiger partial charge is 0.507 e. The molecular weight excluding hydrogens is 442 g/mol. The Hall–Kier alpha value is -4.13. The Morgan fingerprint density at radius 1 is 1.09 bits per heavy atom. The topological polar surface area (TPSA) is 83.0 Å². The molecule has 2 aliphatic rings. The van der Waals surface area contributed by atoms with Crippen molar-refractivity contribution in [2.75, 3.05) is 25.1 Å². The molecule has 0 spiro atoms. The minimum atomic E-state index is -0.733. The minimum Gasteiger partial charge on any atom is -0.507 e. The van der Waals surface area contributed by atoms with E-state index in [-0.39, 0.29) is 17.9 Å². The second kappa shape index (κ2) is 8.91. The number of aliphatic hydroxyl groups is 1. The number of benzene rings is 2. The Morgan fingerprint density at radius 2 is 1.86 bits per heavy atom. The summed E-state index contributed by atoms with van der Waals surface area (Å²) in [7, 11) is 1.95. The molecule has 1 saturated heterocycles. The molecule has 1 amide bonds. The van der Waals surface area contributed by atoms with Crippen LogP contribution >= 0.6 is 0 Å². The number of aryl methyl sites for hydroxylation is 2. The lowest BCUT2D eigenvalue weighted by Crippen LogP contribution is -2.29. The molecule has 0 radical (unpaired) electrons. The number of aliphatic hydroxyl groups excluding tert-OH is 1. The van der Waals surface area contributed by atoms with Gasteiger partial charge in [-0.05, 0) is 60.9 Å². The van der Waals surface area contributed by atoms with Crippen LogP contribution in [-0.2, 0) is 16.1 Å². The molecule has 1 atom stereocenters. The van der Waals surface area contributed by atoms with Crippen molar-refractivity contribution in [2.45, 2.75) is 26.4 Å². The van der Waals surface area contributed by atoms with Gasteiger partial charge in [-0.25, -0.2) is 0 Å². The average molecular weight is 470 g/mol. The van der Waals surface area contributed by atoms with Crippen LogP contribution in [0.1, 0.15) is 33.9 Å². The number of rotatable bonds is 4. The van der Waals surface area contributed by atoms with Gasteiger partial charge in [0.2, 0.25) is 0 Å². The first kappa shape index (κ1) is 22.7. The molecule has 1 N–H and O–H groups in total. The number of hydrogen-bond donors (Lipinski definition) is 1. The van der Waals surface area contributed by atoms with E-state index in [1.54, 1.807) is 47.6 Å². The van der Waals surface area contributed by atoms with E-state index in [0.29, 0.717) is 24.3 Å². The predicted molar refractivity (Wildman–Crippen MR) is 133 cm³/mol. The highest BCUT2D eigenvalue weighted by atomic mass is 16.5. The van der Waals surface area contributed by atoms with E-state index < -0.39 is 17.7 Å². The summed E-state index contributed by atoms with van der Waals surface area (Å²) in [4.78, 5) is 34.3. The summed E-state index contributed by atoms with van der Waals surface area (Å²) < 4.78 is 5.71. The zero-order valence-electron chi connectivity index (χ0n) is 20.0. The number of fused-ring (bicyclic) bond motifs is 1. The number of Topliss-reactive ketones (excluding diaryl/α,β-unsaturated/α-hetero) is 1. The Bertz CT molecular complexity index is 1350. The highest BCUT2D eigenvalue weighted by molar-refractivity contribution is 6.46. The molecule has 0 aliphatic carbocycles. The standard InChI is InChI=1S/C28H27N3O4/c1-17-4-5-18(2)21(14-17)16-31-25(19-8-10-29-11-9-19)24(27(33)28(31)34)26(32)20-6-7-23-22(15-20)30(3)12-13-35-23/h4-11,14-15,25,32H,12-13,16H2,1-3H3/b26-24-. The summed E-state index contributed by atoms with van der Waals surface area (Å²) in [6.45, 7) is 5.53. The molecule has 0 bridgehead atoms. The number of pyridine rings is 1. The number of ether oxygens (including phenoxy) is 1. The van der Waals surface area contributed by atoms with Crippen LogP contribution in [-0.4, -0.2) is 46.9 Å². The fourth-order valence-corrected chi connectivity index (χ4v) is 4.74. The molecular formula is C28H27N3O4. The van der Waals surface area contributed by atoms with Crippen molar-refractivity contribution in [3.05, 3.63) is 94.3 Å².